The summed E-state index contributed by atoms with van der Waals surface area (Å²) in [7, 11) is -2.99. The molecule has 0 spiro atoms. The van der Waals surface area contributed by atoms with Gasteiger partial charge < -0.3 is 10.5 Å². The van der Waals surface area contributed by atoms with Crippen LogP contribution in [0.4, 0.5) is 0 Å². The Kier molecular flexibility index (Phi) is 5.27. The summed E-state index contributed by atoms with van der Waals surface area (Å²) in [6.07, 6.45) is 5.25. The van der Waals surface area contributed by atoms with Crippen molar-refractivity contribution in [3.63, 3.8) is 0 Å². The molecule has 0 aromatic heterocycles. The predicted molar refractivity (Wildman–Crippen MR) is 85.2 cm³/mol. The molecule has 2 rings (SSSR count). The number of hydrogen-bond acceptors (Lipinski definition) is 4. The topological polar surface area (TPSA) is 69.4 Å². The molecule has 0 aliphatic heterocycles. The van der Waals surface area contributed by atoms with E-state index in [1.54, 1.807) is 0 Å². The van der Waals surface area contributed by atoms with E-state index >= 15 is 0 Å². The van der Waals surface area contributed by atoms with E-state index in [-0.39, 0.29) is 17.4 Å². The number of para-hydroxylation sites is 1. The quantitative estimate of drug-likeness (QED) is 0.908. The normalized spacial score (nSPS) is 24.5. The van der Waals surface area contributed by atoms with E-state index in [0.717, 1.165) is 37.0 Å². The highest BCUT2D eigenvalue weighted by molar-refractivity contribution is 7.91. The first kappa shape index (κ1) is 16.3. The molecule has 2 unspecified atom stereocenters. The Balaban J connectivity index is 2.11. The Morgan fingerprint density at radius 3 is 2.71 bits per heavy atom. The van der Waals surface area contributed by atoms with Crippen LogP contribution in [0.25, 0.3) is 0 Å². The second-order valence-electron chi connectivity index (χ2n) is 5.91. The van der Waals surface area contributed by atoms with Crippen LogP contribution >= 0.6 is 0 Å². The molecule has 1 aliphatic rings. The third-order valence-corrected chi connectivity index (χ3v) is 5.87. The van der Waals surface area contributed by atoms with Crippen molar-refractivity contribution in [3.8, 4) is 5.75 Å². The highest BCUT2D eigenvalue weighted by Crippen LogP contribution is 2.31. The first-order chi connectivity index (χ1) is 9.91. The van der Waals surface area contributed by atoms with Crippen molar-refractivity contribution in [3.05, 3.63) is 29.8 Å². The molecule has 0 saturated heterocycles. The van der Waals surface area contributed by atoms with Gasteiger partial charge in [-0.1, -0.05) is 25.1 Å². The molecule has 1 fully saturated rings. The molecule has 5 heteroatoms. The fourth-order valence-electron chi connectivity index (χ4n) is 2.89. The molecule has 2 N–H and O–H groups in total. The minimum atomic E-state index is -2.99. The third-order valence-electron chi connectivity index (χ3n) is 4.24. The first-order valence-electron chi connectivity index (χ1n) is 7.61. The van der Waals surface area contributed by atoms with Gasteiger partial charge in [-0.3, -0.25) is 0 Å². The molecule has 0 heterocycles. The molecule has 1 aromatic rings. The van der Waals surface area contributed by atoms with Crippen LogP contribution in [-0.2, 0) is 9.84 Å². The SMILES string of the molecule is CC[C@@H](N)c1ccccc1OC1CCCC(S(C)(=O)=O)C1. The van der Waals surface area contributed by atoms with Crippen LogP contribution < -0.4 is 10.5 Å². The summed E-state index contributed by atoms with van der Waals surface area (Å²) in [5.41, 5.74) is 7.12. The van der Waals surface area contributed by atoms with Gasteiger partial charge in [-0.05, 0) is 31.7 Å². The lowest BCUT2D eigenvalue weighted by molar-refractivity contribution is 0.154. The van der Waals surface area contributed by atoms with Gasteiger partial charge in [-0.15, -0.1) is 0 Å². The van der Waals surface area contributed by atoms with E-state index in [1.165, 1.54) is 6.26 Å². The molecule has 1 saturated carbocycles. The molecule has 21 heavy (non-hydrogen) atoms. The molecule has 1 aliphatic carbocycles. The van der Waals surface area contributed by atoms with Gasteiger partial charge in [0.05, 0.1) is 11.4 Å². The maximum absolute atomic E-state index is 11.7. The fraction of sp³-hybridized carbons (Fsp3) is 0.625. The summed E-state index contributed by atoms with van der Waals surface area (Å²) in [4.78, 5) is 0. The van der Waals surface area contributed by atoms with Gasteiger partial charge in [-0.2, -0.15) is 0 Å². The Labute approximate surface area is 127 Å². The average molecular weight is 311 g/mol. The van der Waals surface area contributed by atoms with Crippen molar-refractivity contribution in [1.29, 1.82) is 0 Å². The van der Waals surface area contributed by atoms with Crippen LogP contribution in [-0.4, -0.2) is 26.0 Å². The van der Waals surface area contributed by atoms with Crippen LogP contribution in [0, 0.1) is 0 Å². The summed E-state index contributed by atoms with van der Waals surface area (Å²) in [5, 5.41) is -0.275. The second-order valence-corrected chi connectivity index (χ2v) is 8.24. The summed E-state index contributed by atoms with van der Waals surface area (Å²) in [6.45, 7) is 2.04. The number of benzene rings is 1. The molecule has 1 aromatic carbocycles. The lowest BCUT2D eigenvalue weighted by Crippen LogP contribution is -2.33. The maximum atomic E-state index is 11.7. The minimum absolute atomic E-state index is 0.0383. The second kappa shape index (κ2) is 6.79. The van der Waals surface area contributed by atoms with Crippen molar-refractivity contribution < 1.29 is 13.2 Å². The number of ether oxygens (including phenoxy) is 1. The summed E-state index contributed by atoms with van der Waals surface area (Å²) in [6, 6.07) is 7.75. The summed E-state index contributed by atoms with van der Waals surface area (Å²) in [5.74, 6) is 0.797. The van der Waals surface area contributed by atoms with Crippen molar-refractivity contribution in [2.24, 2.45) is 5.73 Å². The van der Waals surface area contributed by atoms with Crippen LogP contribution in [0.1, 0.15) is 50.6 Å². The molecular formula is C16H25NO3S. The minimum Gasteiger partial charge on any atom is -0.490 e. The highest BCUT2D eigenvalue weighted by atomic mass is 32.2. The Morgan fingerprint density at radius 1 is 1.33 bits per heavy atom. The van der Waals surface area contributed by atoms with E-state index in [1.807, 2.05) is 31.2 Å². The number of rotatable bonds is 5. The van der Waals surface area contributed by atoms with Crippen molar-refractivity contribution in [2.75, 3.05) is 6.26 Å². The molecule has 0 bridgehead atoms. The zero-order valence-electron chi connectivity index (χ0n) is 12.8. The third kappa shape index (κ3) is 4.20. The lowest BCUT2D eigenvalue weighted by atomic mass is 9.96. The van der Waals surface area contributed by atoms with Gasteiger partial charge in [0.15, 0.2) is 0 Å². The Morgan fingerprint density at radius 2 is 2.05 bits per heavy atom. The molecule has 3 atom stereocenters. The van der Waals surface area contributed by atoms with Crippen molar-refractivity contribution in [1.82, 2.24) is 0 Å². The maximum Gasteiger partial charge on any atom is 0.150 e. The van der Waals surface area contributed by atoms with E-state index in [2.05, 4.69) is 0 Å². The van der Waals surface area contributed by atoms with Crippen LogP contribution in [0.15, 0.2) is 24.3 Å². The largest absolute Gasteiger partial charge is 0.490 e. The van der Waals surface area contributed by atoms with Crippen LogP contribution in [0.2, 0.25) is 0 Å². The van der Waals surface area contributed by atoms with Gasteiger partial charge in [0.25, 0.3) is 0 Å². The van der Waals surface area contributed by atoms with Crippen LogP contribution in [0.5, 0.6) is 5.75 Å². The van der Waals surface area contributed by atoms with Gasteiger partial charge in [-0.25, -0.2) is 8.42 Å². The Hall–Kier alpha value is -1.07. The van der Waals surface area contributed by atoms with Crippen molar-refractivity contribution in [2.45, 2.75) is 56.4 Å². The zero-order valence-corrected chi connectivity index (χ0v) is 13.6. The molecular weight excluding hydrogens is 286 g/mol. The monoisotopic (exact) mass is 311 g/mol. The summed E-state index contributed by atoms with van der Waals surface area (Å²) >= 11 is 0. The van der Waals surface area contributed by atoms with Gasteiger partial charge in [0.1, 0.15) is 15.6 Å². The first-order valence-corrected chi connectivity index (χ1v) is 9.57. The highest BCUT2D eigenvalue weighted by Gasteiger charge is 2.30. The fourth-order valence-corrected chi connectivity index (χ4v) is 4.05. The lowest BCUT2D eigenvalue weighted by Gasteiger charge is -2.29. The van der Waals surface area contributed by atoms with Gasteiger partial charge in [0.2, 0.25) is 0 Å². The molecule has 4 nitrogen and oxygen atoms in total. The van der Waals surface area contributed by atoms with Crippen molar-refractivity contribution >= 4 is 9.84 Å². The number of nitrogens with two attached hydrogens (primary N) is 1. The molecule has 0 radical (unpaired) electrons. The van der Waals surface area contributed by atoms with E-state index in [9.17, 15) is 8.42 Å². The molecule has 0 amide bonds. The van der Waals surface area contributed by atoms with E-state index < -0.39 is 9.84 Å². The molecule has 118 valence electrons. The number of hydrogen-bond donors (Lipinski definition) is 1. The summed E-state index contributed by atoms with van der Waals surface area (Å²) < 4.78 is 29.6. The van der Waals surface area contributed by atoms with E-state index in [0.29, 0.717) is 6.42 Å². The predicted octanol–water partition coefficient (Wildman–Crippen LogP) is 2.83. The van der Waals surface area contributed by atoms with Crippen LogP contribution in [0.3, 0.4) is 0 Å². The zero-order chi connectivity index (χ0) is 15.5. The van der Waals surface area contributed by atoms with Gasteiger partial charge in [0, 0.05) is 24.3 Å². The van der Waals surface area contributed by atoms with Gasteiger partial charge >= 0.3 is 0 Å². The van der Waals surface area contributed by atoms with E-state index in [4.69, 9.17) is 10.5 Å². The average Bonchev–Trinajstić information content (AvgIpc) is 2.46. The Bertz CT molecular complexity index is 571. The smallest absolute Gasteiger partial charge is 0.150 e. The number of sulfone groups is 1. The standard InChI is InChI=1S/C16H25NO3S/c1-3-15(17)14-9-4-5-10-16(14)20-12-7-6-8-13(11-12)21(2,18)19/h4-5,9-10,12-13,15H,3,6-8,11,17H2,1-2H3/t12?,13?,15-/m1/s1.